The van der Waals surface area contributed by atoms with Gasteiger partial charge >= 0.3 is 0 Å². The van der Waals surface area contributed by atoms with Gasteiger partial charge in [0.2, 0.25) is 0 Å². The predicted molar refractivity (Wildman–Crippen MR) is 51.7 cm³/mol. The molecule has 0 saturated heterocycles. The Morgan fingerprint density at radius 3 is 3.00 bits per heavy atom. The van der Waals surface area contributed by atoms with E-state index in [9.17, 15) is 4.79 Å². The first kappa shape index (κ1) is 8.28. The van der Waals surface area contributed by atoms with Crippen LogP contribution in [0.1, 0.15) is 32.6 Å². The molecule has 72 valence electrons. The van der Waals surface area contributed by atoms with Crippen LogP contribution >= 0.6 is 11.6 Å². The van der Waals surface area contributed by atoms with Gasteiger partial charge in [-0.05, 0) is 31.1 Å². The minimum absolute atomic E-state index is 0.0268. The molecule has 0 aromatic heterocycles. The summed E-state index contributed by atoms with van der Waals surface area (Å²) in [6.45, 7) is 2.18. The van der Waals surface area contributed by atoms with Crippen molar-refractivity contribution < 1.29 is 4.79 Å². The molecule has 5 unspecified atom stereocenters. The lowest BCUT2D eigenvalue weighted by atomic mass is 9.61. The van der Waals surface area contributed by atoms with Crippen molar-refractivity contribution in [1.29, 1.82) is 0 Å². The zero-order valence-electron chi connectivity index (χ0n) is 7.92. The maximum absolute atomic E-state index is 12.0. The molecule has 0 N–H and O–H groups in total. The van der Waals surface area contributed by atoms with Crippen LogP contribution < -0.4 is 0 Å². The first-order valence-electron chi connectivity index (χ1n) is 5.33. The van der Waals surface area contributed by atoms with Gasteiger partial charge in [-0.25, -0.2) is 0 Å². The molecule has 5 atom stereocenters. The third-order valence-electron chi connectivity index (χ3n) is 4.77. The molecule has 0 radical (unpaired) electrons. The Morgan fingerprint density at radius 2 is 2.31 bits per heavy atom. The van der Waals surface area contributed by atoms with E-state index in [1.807, 2.05) is 0 Å². The van der Waals surface area contributed by atoms with Crippen LogP contribution in [0, 0.1) is 23.2 Å². The van der Waals surface area contributed by atoms with Crippen LogP contribution in [0.15, 0.2) is 0 Å². The van der Waals surface area contributed by atoms with E-state index in [0.29, 0.717) is 17.6 Å². The van der Waals surface area contributed by atoms with Crippen molar-refractivity contribution >= 4 is 17.4 Å². The van der Waals surface area contributed by atoms with Crippen molar-refractivity contribution in [2.24, 2.45) is 23.2 Å². The Labute approximate surface area is 83.8 Å². The molecule has 0 aromatic carbocycles. The second kappa shape index (κ2) is 2.31. The summed E-state index contributed by atoms with van der Waals surface area (Å²) < 4.78 is 0. The number of fused-ring (bicyclic) bond motifs is 1. The average molecular weight is 199 g/mol. The van der Waals surface area contributed by atoms with Crippen LogP contribution in [-0.2, 0) is 4.79 Å². The summed E-state index contributed by atoms with van der Waals surface area (Å²) in [7, 11) is 0. The van der Waals surface area contributed by atoms with Crippen LogP contribution in [0.4, 0.5) is 0 Å². The van der Waals surface area contributed by atoms with Gasteiger partial charge in [-0.2, -0.15) is 0 Å². The predicted octanol–water partition coefficient (Wildman–Crippen LogP) is 2.62. The van der Waals surface area contributed by atoms with Crippen molar-refractivity contribution in [3.05, 3.63) is 0 Å². The van der Waals surface area contributed by atoms with Gasteiger partial charge in [0.1, 0.15) is 5.78 Å². The lowest BCUT2D eigenvalue weighted by molar-refractivity contribution is -0.135. The minimum Gasteiger partial charge on any atom is -0.299 e. The van der Waals surface area contributed by atoms with Crippen molar-refractivity contribution in [3.8, 4) is 0 Å². The highest BCUT2D eigenvalue weighted by molar-refractivity contribution is 6.23. The van der Waals surface area contributed by atoms with Gasteiger partial charge < -0.3 is 0 Å². The van der Waals surface area contributed by atoms with E-state index in [1.54, 1.807) is 0 Å². The summed E-state index contributed by atoms with van der Waals surface area (Å²) in [4.78, 5) is 12.0. The van der Waals surface area contributed by atoms with Crippen LogP contribution in [-0.4, -0.2) is 11.2 Å². The first-order valence-corrected chi connectivity index (χ1v) is 5.76. The molecule has 0 amide bonds. The molecule has 3 aliphatic rings. The molecule has 3 fully saturated rings. The number of carbonyl (C=O) groups is 1. The monoisotopic (exact) mass is 198 g/mol. The number of hydrogen-bond donors (Lipinski definition) is 0. The summed E-state index contributed by atoms with van der Waals surface area (Å²) in [5.74, 6) is 1.97. The third kappa shape index (κ3) is 0.782. The molecule has 3 saturated carbocycles. The van der Waals surface area contributed by atoms with Crippen molar-refractivity contribution in [1.82, 2.24) is 0 Å². The summed E-state index contributed by atoms with van der Waals surface area (Å²) >= 11 is 6.31. The normalized spacial score (nSPS) is 58.8. The van der Waals surface area contributed by atoms with Gasteiger partial charge in [0.15, 0.2) is 0 Å². The highest BCUT2D eigenvalue weighted by Gasteiger charge is 2.64. The Hall–Kier alpha value is -0.0400. The lowest BCUT2D eigenvalue weighted by Crippen LogP contribution is -2.46. The number of carbonyl (C=O) groups excluding carboxylic acids is 1. The summed E-state index contributed by atoms with van der Waals surface area (Å²) in [5, 5.41) is 0.172. The molecule has 0 spiro atoms. The summed E-state index contributed by atoms with van der Waals surface area (Å²) in [6, 6.07) is 0. The molecule has 3 aliphatic carbocycles. The Morgan fingerprint density at radius 1 is 1.54 bits per heavy atom. The summed E-state index contributed by atoms with van der Waals surface area (Å²) in [5.41, 5.74) is 0.0268. The average Bonchev–Trinajstić information content (AvgIpc) is 2.56. The van der Waals surface area contributed by atoms with Gasteiger partial charge in [-0.15, -0.1) is 11.6 Å². The Bertz CT molecular complexity index is 275. The van der Waals surface area contributed by atoms with Crippen molar-refractivity contribution in [3.63, 3.8) is 0 Å². The highest BCUT2D eigenvalue weighted by atomic mass is 35.5. The zero-order valence-corrected chi connectivity index (χ0v) is 8.68. The number of Topliss-reactive ketones (excluding diaryl/α,β-unsaturated/α-hetero) is 1. The van der Waals surface area contributed by atoms with Gasteiger partial charge in [-0.1, -0.05) is 13.3 Å². The fourth-order valence-corrected chi connectivity index (χ4v) is 4.58. The van der Waals surface area contributed by atoms with E-state index in [4.69, 9.17) is 11.6 Å². The fourth-order valence-electron chi connectivity index (χ4n) is 4.06. The standard InChI is InChI=1S/C11H15ClO/c1-11-4-2-3-6-8(11)5-7(9(6)12)10(11)13/h6-9H,2-5H2,1H3. The zero-order chi connectivity index (χ0) is 9.22. The number of ketones is 1. The van der Waals surface area contributed by atoms with Crippen molar-refractivity contribution in [2.45, 2.75) is 38.0 Å². The molecule has 1 nitrogen and oxygen atoms in total. The topological polar surface area (TPSA) is 17.1 Å². The number of hydrogen-bond acceptors (Lipinski definition) is 1. The van der Waals surface area contributed by atoms with E-state index in [2.05, 4.69) is 6.92 Å². The second-order valence-corrected chi connectivity index (χ2v) is 5.73. The number of alkyl halides is 1. The molecule has 0 aromatic rings. The molecule has 13 heavy (non-hydrogen) atoms. The third-order valence-corrected chi connectivity index (χ3v) is 5.40. The Balaban J connectivity index is 2.06. The molecular formula is C11H15ClO. The minimum atomic E-state index is 0.0268. The largest absolute Gasteiger partial charge is 0.299 e. The lowest BCUT2D eigenvalue weighted by Gasteiger charge is -2.44. The molecule has 0 aliphatic heterocycles. The van der Waals surface area contributed by atoms with Gasteiger partial charge in [0.25, 0.3) is 0 Å². The van der Waals surface area contributed by atoms with Crippen LogP contribution in [0.2, 0.25) is 0 Å². The molecule has 3 rings (SSSR count). The second-order valence-electron chi connectivity index (χ2n) is 5.23. The fraction of sp³-hybridized carbons (Fsp3) is 0.909. The van der Waals surface area contributed by atoms with E-state index >= 15 is 0 Å². The highest BCUT2D eigenvalue weighted by Crippen LogP contribution is 2.63. The van der Waals surface area contributed by atoms with Crippen LogP contribution in [0.3, 0.4) is 0 Å². The van der Waals surface area contributed by atoms with Gasteiger partial charge in [0.05, 0.1) is 0 Å². The smallest absolute Gasteiger partial charge is 0.143 e. The van der Waals surface area contributed by atoms with E-state index in [0.717, 1.165) is 12.8 Å². The Kier molecular flexibility index (Phi) is 1.47. The quantitative estimate of drug-likeness (QED) is 0.547. The van der Waals surface area contributed by atoms with Crippen LogP contribution in [0.5, 0.6) is 0 Å². The van der Waals surface area contributed by atoms with Gasteiger partial charge in [0, 0.05) is 16.7 Å². The molecule has 2 bridgehead atoms. The molecule has 2 heteroatoms. The maximum atomic E-state index is 12.0. The first-order chi connectivity index (χ1) is 6.14. The maximum Gasteiger partial charge on any atom is 0.143 e. The number of halogens is 1. The van der Waals surface area contributed by atoms with E-state index in [1.165, 1.54) is 12.8 Å². The van der Waals surface area contributed by atoms with Crippen LogP contribution in [0.25, 0.3) is 0 Å². The van der Waals surface area contributed by atoms with E-state index in [-0.39, 0.29) is 16.7 Å². The molecular weight excluding hydrogens is 184 g/mol. The summed E-state index contributed by atoms with van der Waals surface area (Å²) in [6.07, 6.45) is 4.68. The van der Waals surface area contributed by atoms with Gasteiger partial charge in [-0.3, -0.25) is 4.79 Å². The van der Waals surface area contributed by atoms with Crippen molar-refractivity contribution in [2.75, 3.05) is 0 Å². The number of rotatable bonds is 0. The van der Waals surface area contributed by atoms with E-state index < -0.39 is 0 Å². The molecule has 0 heterocycles. The SMILES string of the molecule is CC12CCCC3C(Cl)C(CC31)C2=O.